The van der Waals surface area contributed by atoms with Crippen molar-refractivity contribution in [1.82, 2.24) is 5.32 Å². The van der Waals surface area contributed by atoms with E-state index in [9.17, 15) is 0 Å². The van der Waals surface area contributed by atoms with E-state index in [1.165, 1.54) is 36.8 Å². The Bertz CT molecular complexity index is 366. The Morgan fingerprint density at radius 2 is 1.67 bits per heavy atom. The molecule has 0 radical (unpaired) electrons. The Morgan fingerprint density at radius 1 is 1.00 bits per heavy atom. The SMILES string of the molecule is CCCC(C)CC(CNCC(C)C)Cc1ccc(C)cc1. The summed E-state index contributed by atoms with van der Waals surface area (Å²) in [7, 11) is 0. The van der Waals surface area contributed by atoms with E-state index >= 15 is 0 Å². The van der Waals surface area contributed by atoms with Crippen molar-refractivity contribution in [3.05, 3.63) is 35.4 Å². The molecule has 0 fully saturated rings. The van der Waals surface area contributed by atoms with Gasteiger partial charge in [0, 0.05) is 0 Å². The lowest BCUT2D eigenvalue weighted by molar-refractivity contribution is 0.348. The molecule has 0 saturated carbocycles. The van der Waals surface area contributed by atoms with Crippen molar-refractivity contribution in [2.24, 2.45) is 17.8 Å². The van der Waals surface area contributed by atoms with Gasteiger partial charge in [-0.1, -0.05) is 70.4 Å². The average Bonchev–Trinajstić information content (AvgIpc) is 2.41. The van der Waals surface area contributed by atoms with Gasteiger partial charge < -0.3 is 5.32 Å². The zero-order chi connectivity index (χ0) is 15.7. The van der Waals surface area contributed by atoms with Crippen LogP contribution in [0.1, 0.15) is 58.1 Å². The van der Waals surface area contributed by atoms with Gasteiger partial charge in [0.05, 0.1) is 0 Å². The molecule has 0 saturated heterocycles. The first kappa shape index (κ1) is 18.2. The molecule has 0 spiro atoms. The fourth-order valence-corrected chi connectivity index (χ4v) is 3.05. The average molecular weight is 290 g/mol. The summed E-state index contributed by atoms with van der Waals surface area (Å²) in [5, 5.41) is 3.66. The highest BCUT2D eigenvalue weighted by molar-refractivity contribution is 5.21. The number of hydrogen-bond acceptors (Lipinski definition) is 1. The van der Waals surface area contributed by atoms with Crippen LogP contribution in [0, 0.1) is 24.7 Å². The normalized spacial score (nSPS) is 14.4. The molecule has 0 aromatic heterocycles. The van der Waals surface area contributed by atoms with Gasteiger partial charge in [0.1, 0.15) is 0 Å². The van der Waals surface area contributed by atoms with E-state index in [1.807, 2.05) is 0 Å². The van der Waals surface area contributed by atoms with Crippen LogP contribution in [0.25, 0.3) is 0 Å². The largest absolute Gasteiger partial charge is 0.316 e. The number of rotatable bonds is 10. The third kappa shape index (κ3) is 8.26. The van der Waals surface area contributed by atoms with Gasteiger partial charge in [-0.25, -0.2) is 0 Å². The van der Waals surface area contributed by atoms with Crippen LogP contribution in [0.4, 0.5) is 0 Å². The third-order valence-corrected chi connectivity index (χ3v) is 4.15. The second kappa shape index (κ2) is 10.00. The molecule has 1 N–H and O–H groups in total. The van der Waals surface area contributed by atoms with Crippen molar-refractivity contribution >= 4 is 0 Å². The Hall–Kier alpha value is -0.820. The highest BCUT2D eigenvalue weighted by Gasteiger charge is 2.14. The van der Waals surface area contributed by atoms with Gasteiger partial charge in [-0.05, 0) is 56.2 Å². The molecule has 2 unspecified atom stereocenters. The Balaban J connectivity index is 2.55. The summed E-state index contributed by atoms with van der Waals surface area (Å²) >= 11 is 0. The van der Waals surface area contributed by atoms with E-state index in [4.69, 9.17) is 0 Å². The molecule has 1 nitrogen and oxygen atoms in total. The molecule has 0 bridgehead atoms. The fourth-order valence-electron chi connectivity index (χ4n) is 3.05. The molecule has 0 aliphatic heterocycles. The zero-order valence-electron chi connectivity index (χ0n) is 14.8. The Labute approximate surface area is 132 Å². The predicted molar refractivity (Wildman–Crippen MR) is 94.8 cm³/mol. The Kier molecular flexibility index (Phi) is 8.68. The highest BCUT2D eigenvalue weighted by Crippen LogP contribution is 2.20. The van der Waals surface area contributed by atoms with Crippen molar-refractivity contribution in [2.45, 2.75) is 60.3 Å². The van der Waals surface area contributed by atoms with Crippen molar-refractivity contribution < 1.29 is 0 Å². The lowest BCUT2D eigenvalue weighted by Crippen LogP contribution is -2.28. The van der Waals surface area contributed by atoms with Crippen LogP contribution in [0.3, 0.4) is 0 Å². The summed E-state index contributed by atoms with van der Waals surface area (Å²) in [6, 6.07) is 9.08. The quantitative estimate of drug-likeness (QED) is 0.622. The van der Waals surface area contributed by atoms with Gasteiger partial charge in [-0.3, -0.25) is 0 Å². The van der Waals surface area contributed by atoms with E-state index in [1.54, 1.807) is 0 Å². The molecule has 0 aliphatic carbocycles. The minimum atomic E-state index is 0.734. The molecule has 2 atom stereocenters. The van der Waals surface area contributed by atoms with Crippen molar-refractivity contribution in [2.75, 3.05) is 13.1 Å². The van der Waals surface area contributed by atoms with Gasteiger partial charge in [0.2, 0.25) is 0 Å². The topological polar surface area (TPSA) is 12.0 Å². The molecule has 0 amide bonds. The molecular formula is C20H35N. The van der Waals surface area contributed by atoms with Crippen molar-refractivity contribution in [1.29, 1.82) is 0 Å². The van der Waals surface area contributed by atoms with Gasteiger partial charge in [-0.2, -0.15) is 0 Å². The van der Waals surface area contributed by atoms with Crippen LogP contribution >= 0.6 is 0 Å². The Morgan fingerprint density at radius 3 is 2.24 bits per heavy atom. The van der Waals surface area contributed by atoms with Gasteiger partial charge in [0.25, 0.3) is 0 Å². The number of nitrogens with one attached hydrogen (secondary N) is 1. The van der Waals surface area contributed by atoms with Crippen LogP contribution in [0.5, 0.6) is 0 Å². The van der Waals surface area contributed by atoms with Crippen molar-refractivity contribution in [3.63, 3.8) is 0 Å². The van der Waals surface area contributed by atoms with E-state index in [-0.39, 0.29) is 0 Å². The minimum Gasteiger partial charge on any atom is -0.316 e. The predicted octanol–water partition coefficient (Wildman–Crippen LogP) is 5.23. The summed E-state index contributed by atoms with van der Waals surface area (Å²) in [6.07, 6.45) is 5.21. The molecule has 120 valence electrons. The second-order valence-corrected chi connectivity index (χ2v) is 7.24. The standard InChI is InChI=1S/C20H35N/c1-6-7-18(5)12-20(15-21-14-16(2)3)13-19-10-8-17(4)9-11-19/h8-11,16,18,20-21H,6-7,12-15H2,1-5H3. The van der Waals surface area contributed by atoms with Crippen LogP contribution in [-0.4, -0.2) is 13.1 Å². The first-order valence-electron chi connectivity index (χ1n) is 8.77. The molecule has 21 heavy (non-hydrogen) atoms. The number of aryl methyl sites for hydroxylation is 1. The van der Waals surface area contributed by atoms with Crippen LogP contribution in [0.15, 0.2) is 24.3 Å². The molecule has 0 aliphatic rings. The van der Waals surface area contributed by atoms with E-state index in [0.29, 0.717) is 0 Å². The van der Waals surface area contributed by atoms with Crippen molar-refractivity contribution in [3.8, 4) is 0 Å². The van der Waals surface area contributed by atoms with Crippen LogP contribution < -0.4 is 5.32 Å². The lowest BCUT2D eigenvalue weighted by Gasteiger charge is -2.22. The molecular weight excluding hydrogens is 254 g/mol. The molecule has 1 rings (SSSR count). The summed E-state index contributed by atoms with van der Waals surface area (Å²) < 4.78 is 0. The lowest BCUT2D eigenvalue weighted by atomic mass is 9.88. The highest BCUT2D eigenvalue weighted by atomic mass is 14.9. The van der Waals surface area contributed by atoms with Gasteiger partial charge >= 0.3 is 0 Å². The maximum absolute atomic E-state index is 3.66. The first-order valence-corrected chi connectivity index (χ1v) is 8.77. The molecule has 0 heterocycles. The molecule has 1 heteroatoms. The summed E-state index contributed by atoms with van der Waals surface area (Å²) in [5.74, 6) is 2.33. The number of hydrogen-bond donors (Lipinski definition) is 1. The van der Waals surface area contributed by atoms with Crippen LogP contribution in [0.2, 0.25) is 0 Å². The maximum Gasteiger partial charge on any atom is -0.00171 e. The van der Waals surface area contributed by atoms with E-state index in [0.717, 1.165) is 30.8 Å². The number of benzene rings is 1. The molecule has 1 aromatic carbocycles. The second-order valence-electron chi connectivity index (χ2n) is 7.24. The maximum atomic E-state index is 3.66. The summed E-state index contributed by atoms with van der Waals surface area (Å²) in [4.78, 5) is 0. The zero-order valence-corrected chi connectivity index (χ0v) is 14.8. The fraction of sp³-hybridized carbons (Fsp3) is 0.700. The van der Waals surface area contributed by atoms with Gasteiger partial charge in [0.15, 0.2) is 0 Å². The molecule has 1 aromatic rings. The van der Waals surface area contributed by atoms with Gasteiger partial charge in [-0.15, -0.1) is 0 Å². The summed E-state index contributed by atoms with van der Waals surface area (Å²) in [6.45, 7) is 13.7. The van der Waals surface area contributed by atoms with Crippen LogP contribution in [-0.2, 0) is 6.42 Å². The third-order valence-electron chi connectivity index (χ3n) is 4.15. The first-order chi connectivity index (χ1) is 10.0. The van der Waals surface area contributed by atoms with E-state index in [2.05, 4.69) is 64.2 Å². The van der Waals surface area contributed by atoms with E-state index < -0.39 is 0 Å². The monoisotopic (exact) mass is 289 g/mol. The minimum absolute atomic E-state index is 0.734. The smallest absolute Gasteiger partial charge is 0.00171 e. The summed E-state index contributed by atoms with van der Waals surface area (Å²) in [5.41, 5.74) is 2.84.